The van der Waals surface area contributed by atoms with E-state index in [2.05, 4.69) is 18.8 Å². The van der Waals surface area contributed by atoms with Gasteiger partial charge in [0.25, 0.3) is 0 Å². The molecule has 0 aromatic heterocycles. The molecule has 0 fully saturated rings. The van der Waals surface area contributed by atoms with E-state index < -0.39 is 0 Å². The van der Waals surface area contributed by atoms with E-state index in [1.54, 1.807) is 0 Å². The summed E-state index contributed by atoms with van der Waals surface area (Å²) in [5.74, 6) is 0. The minimum Gasteiger partial charge on any atom is -0.409 e. The molecule has 1 N–H and O–H groups in total. The number of unbranched alkanes of at least 4 members (excludes halogenated alkanes) is 2. The summed E-state index contributed by atoms with van der Waals surface area (Å²) in [4.78, 5) is 3.36. The lowest BCUT2D eigenvalue weighted by Gasteiger charge is -2.03. The second kappa shape index (κ2) is 10.1. The summed E-state index contributed by atoms with van der Waals surface area (Å²) in [6.45, 7) is 6.51. The van der Waals surface area contributed by atoms with Crippen LogP contribution in [-0.2, 0) is 4.43 Å². The summed E-state index contributed by atoms with van der Waals surface area (Å²) in [6.07, 6.45) is 5.01. The molecule has 0 heterocycles. The van der Waals surface area contributed by atoms with Crippen molar-refractivity contribution >= 4 is 9.92 Å². The Morgan fingerprint density at radius 1 is 1.18 bits per heavy atom. The van der Waals surface area contributed by atoms with E-state index in [4.69, 9.17) is 4.43 Å². The van der Waals surface area contributed by atoms with E-state index in [0.29, 0.717) is 0 Å². The second-order valence-electron chi connectivity index (χ2n) is 2.76. The van der Waals surface area contributed by atoms with Gasteiger partial charge in [-0.1, -0.05) is 26.7 Å². The number of hydrogen-bond acceptors (Lipinski definition) is 2. The Labute approximate surface area is 72.7 Å². The highest BCUT2D eigenvalue weighted by atomic mass is 28.2. The third-order valence-electron chi connectivity index (χ3n) is 1.55. The molecule has 0 amide bonds. The Morgan fingerprint density at radius 3 is 2.55 bits per heavy atom. The lowest BCUT2D eigenvalue weighted by atomic mass is 10.3. The van der Waals surface area contributed by atoms with Crippen LogP contribution >= 0.6 is 0 Å². The summed E-state index contributed by atoms with van der Waals surface area (Å²) in [5.41, 5.74) is 0. The number of rotatable bonds is 8. The van der Waals surface area contributed by atoms with E-state index >= 15 is 0 Å². The molecule has 0 unspecified atom stereocenters. The maximum atomic E-state index is 5.45. The molecule has 2 nitrogen and oxygen atoms in total. The zero-order valence-corrected chi connectivity index (χ0v) is 9.27. The Kier molecular flexibility index (Phi) is 10.3. The zero-order chi connectivity index (χ0) is 8.36. The smallest absolute Gasteiger partial charge is 0.235 e. The van der Waals surface area contributed by atoms with Gasteiger partial charge in [0.15, 0.2) is 0 Å². The third-order valence-corrected chi connectivity index (χ3v) is 2.60. The van der Waals surface area contributed by atoms with Gasteiger partial charge in [-0.15, -0.1) is 0 Å². The molecule has 0 atom stereocenters. The van der Waals surface area contributed by atoms with Crippen molar-refractivity contribution in [1.29, 1.82) is 0 Å². The largest absolute Gasteiger partial charge is 0.409 e. The van der Waals surface area contributed by atoms with Crippen LogP contribution in [0.2, 0.25) is 0 Å². The first kappa shape index (κ1) is 11.1. The second-order valence-corrected chi connectivity index (χ2v) is 3.96. The summed E-state index contributed by atoms with van der Waals surface area (Å²) in [6, 6.07) is 0. The fourth-order valence-corrected chi connectivity index (χ4v) is 1.65. The van der Waals surface area contributed by atoms with Crippen molar-refractivity contribution in [2.24, 2.45) is 0 Å². The molecular formula is C8H21NOSi. The van der Waals surface area contributed by atoms with Gasteiger partial charge in [-0.05, 0) is 19.4 Å². The Balaban J connectivity index is 2.69. The molecule has 0 saturated heterocycles. The van der Waals surface area contributed by atoms with Crippen LogP contribution in [-0.4, -0.2) is 23.1 Å². The van der Waals surface area contributed by atoms with Crippen LogP contribution in [0.15, 0.2) is 0 Å². The summed E-state index contributed by atoms with van der Waals surface area (Å²) in [5, 5.41) is 0. The first-order valence-electron chi connectivity index (χ1n) is 4.70. The van der Waals surface area contributed by atoms with Crippen molar-refractivity contribution in [3.05, 3.63) is 0 Å². The Morgan fingerprint density at radius 2 is 1.91 bits per heavy atom. The van der Waals surface area contributed by atoms with Crippen molar-refractivity contribution < 1.29 is 4.43 Å². The molecule has 0 aliphatic carbocycles. The highest BCUT2D eigenvalue weighted by Crippen LogP contribution is 1.85. The normalized spacial score (nSPS) is 11.5. The van der Waals surface area contributed by atoms with Gasteiger partial charge in [-0.2, -0.15) is 0 Å². The van der Waals surface area contributed by atoms with Gasteiger partial charge in [-0.3, -0.25) is 0 Å². The van der Waals surface area contributed by atoms with Gasteiger partial charge < -0.3 is 9.41 Å². The van der Waals surface area contributed by atoms with Gasteiger partial charge >= 0.3 is 0 Å². The van der Waals surface area contributed by atoms with E-state index in [1.807, 2.05) is 0 Å². The van der Waals surface area contributed by atoms with Crippen LogP contribution in [0.3, 0.4) is 0 Å². The van der Waals surface area contributed by atoms with Gasteiger partial charge in [0.05, 0.1) is 0 Å². The van der Waals surface area contributed by atoms with Crippen molar-refractivity contribution in [3.8, 4) is 0 Å². The lowest BCUT2D eigenvalue weighted by molar-refractivity contribution is 0.319. The van der Waals surface area contributed by atoms with Crippen molar-refractivity contribution in [1.82, 2.24) is 4.98 Å². The fraction of sp³-hybridized carbons (Fsp3) is 1.00. The molecule has 0 spiro atoms. The molecular weight excluding hydrogens is 154 g/mol. The van der Waals surface area contributed by atoms with Crippen LogP contribution in [0.4, 0.5) is 0 Å². The van der Waals surface area contributed by atoms with Gasteiger partial charge in [0, 0.05) is 6.61 Å². The number of nitrogens with one attached hydrogen (secondary N) is 1. The van der Waals surface area contributed by atoms with Crippen molar-refractivity contribution in [2.75, 3.05) is 13.2 Å². The van der Waals surface area contributed by atoms with Gasteiger partial charge in [-0.25, -0.2) is 0 Å². The molecule has 0 rings (SSSR count). The lowest BCUT2D eigenvalue weighted by Crippen LogP contribution is -2.23. The van der Waals surface area contributed by atoms with Gasteiger partial charge in [0.1, 0.15) is 0 Å². The minimum absolute atomic E-state index is 0.379. The van der Waals surface area contributed by atoms with Crippen molar-refractivity contribution in [2.45, 2.75) is 39.5 Å². The Hall–Kier alpha value is 0.137. The molecule has 11 heavy (non-hydrogen) atoms. The van der Waals surface area contributed by atoms with Crippen LogP contribution in [0, 0.1) is 0 Å². The molecule has 0 saturated carbocycles. The molecule has 0 aromatic rings. The maximum absolute atomic E-state index is 5.45. The van der Waals surface area contributed by atoms with Crippen LogP contribution in [0.1, 0.15) is 39.5 Å². The van der Waals surface area contributed by atoms with Crippen molar-refractivity contribution in [3.63, 3.8) is 0 Å². The highest BCUT2D eigenvalue weighted by Gasteiger charge is 1.87. The first-order chi connectivity index (χ1) is 5.41. The topological polar surface area (TPSA) is 21.3 Å². The van der Waals surface area contributed by atoms with Crippen LogP contribution in [0.25, 0.3) is 0 Å². The monoisotopic (exact) mass is 175 g/mol. The predicted molar refractivity (Wildman–Crippen MR) is 52.3 cm³/mol. The predicted octanol–water partition coefficient (Wildman–Crippen LogP) is 1.19. The first-order valence-corrected chi connectivity index (χ1v) is 5.98. The van der Waals surface area contributed by atoms with E-state index in [-0.39, 0.29) is 9.92 Å². The minimum atomic E-state index is -0.379. The average molecular weight is 175 g/mol. The molecule has 0 aliphatic rings. The molecule has 0 aromatic carbocycles. The Bertz CT molecular complexity index is 63.1. The molecule has 0 aliphatic heterocycles. The molecule has 3 heteroatoms. The molecule has 0 radical (unpaired) electrons. The zero-order valence-electron chi connectivity index (χ0n) is 7.86. The standard InChI is InChI=1S/C8H21NOSi/c1-3-5-7-9-11-10-8-6-4-2/h9H,3-8,11H2,1-2H3. The van der Waals surface area contributed by atoms with E-state index in [9.17, 15) is 0 Å². The van der Waals surface area contributed by atoms with Crippen LogP contribution < -0.4 is 4.98 Å². The number of hydrogen-bond donors (Lipinski definition) is 1. The SMILES string of the molecule is CCCCN[SiH2]OCCCC. The maximum Gasteiger partial charge on any atom is 0.235 e. The highest BCUT2D eigenvalue weighted by molar-refractivity contribution is 6.23. The average Bonchev–Trinajstić information content (AvgIpc) is 2.03. The summed E-state index contributed by atoms with van der Waals surface area (Å²) >= 11 is 0. The molecule has 0 bridgehead atoms. The summed E-state index contributed by atoms with van der Waals surface area (Å²) in [7, 11) is -0.379. The van der Waals surface area contributed by atoms with Crippen LogP contribution in [0.5, 0.6) is 0 Å². The quantitative estimate of drug-likeness (QED) is 0.442. The molecule has 68 valence electrons. The summed E-state index contributed by atoms with van der Waals surface area (Å²) < 4.78 is 5.45. The van der Waals surface area contributed by atoms with E-state index in [1.165, 1.54) is 25.7 Å². The fourth-order valence-electron chi connectivity index (χ4n) is 0.765. The third kappa shape index (κ3) is 10.1. The van der Waals surface area contributed by atoms with Gasteiger partial charge in [0.2, 0.25) is 9.92 Å². The van der Waals surface area contributed by atoms with E-state index in [0.717, 1.165) is 13.2 Å².